The van der Waals surface area contributed by atoms with Crippen LogP contribution < -0.4 is 15.8 Å². The number of carbonyl (C=O) groups excluding carboxylic acids is 3. The van der Waals surface area contributed by atoms with Crippen LogP contribution in [-0.4, -0.2) is 65.5 Å². The quantitative estimate of drug-likeness (QED) is 0.130. The molecule has 6 unspecified atom stereocenters. The molecule has 2 fully saturated rings. The number of fused-ring (bicyclic) bond motifs is 3. The molecule has 0 aliphatic carbocycles. The van der Waals surface area contributed by atoms with E-state index in [4.69, 9.17) is 15.2 Å². The molecule has 5 aromatic rings. The van der Waals surface area contributed by atoms with Gasteiger partial charge in [0.1, 0.15) is 29.9 Å². The van der Waals surface area contributed by atoms with E-state index in [1.54, 1.807) is 24.3 Å². The van der Waals surface area contributed by atoms with Crippen LogP contribution in [0.3, 0.4) is 0 Å². The number of nitrogens with one attached hydrogen (secondary N) is 1. The van der Waals surface area contributed by atoms with Gasteiger partial charge in [-0.15, -0.1) is 0 Å². The summed E-state index contributed by atoms with van der Waals surface area (Å²) < 4.78 is 12.2. The van der Waals surface area contributed by atoms with Gasteiger partial charge in [0.2, 0.25) is 11.8 Å². The number of nitrogens with zero attached hydrogens (tertiary/aromatic N) is 2. The average Bonchev–Trinajstić information content (AvgIpc) is 3.70. The van der Waals surface area contributed by atoms with Crippen LogP contribution in [-0.2, 0) is 31.1 Å². The van der Waals surface area contributed by atoms with Gasteiger partial charge in [0, 0.05) is 17.8 Å². The number of anilines is 1. The maximum atomic E-state index is 15.0. The van der Waals surface area contributed by atoms with Gasteiger partial charge in [-0.2, -0.15) is 0 Å². The molecule has 0 saturated carbocycles. The van der Waals surface area contributed by atoms with Crippen molar-refractivity contribution in [1.29, 1.82) is 0 Å². The number of carbonyl (C=O) groups is 3. The van der Waals surface area contributed by atoms with E-state index in [9.17, 15) is 14.7 Å². The lowest BCUT2D eigenvalue weighted by Gasteiger charge is -2.46. The first kappa shape index (κ1) is 36.7. The Balaban J connectivity index is 1.31. The number of benzene rings is 5. The smallest absolute Gasteiger partial charge is 0.324 e. The Hall–Kier alpha value is -6.25. The van der Waals surface area contributed by atoms with Crippen molar-refractivity contribution in [3.63, 3.8) is 0 Å². The van der Waals surface area contributed by atoms with Crippen molar-refractivity contribution in [3.05, 3.63) is 167 Å². The first-order chi connectivity index (χ1) is 27.3. The Morgan fingerprint density at radius 1 is 0.875 bits per heavy atom. The molecule has 3 aliphatic heterocycles. The lowest BCUT2D eigenvalue weighted by atomic mass is 9.65. The van der Waals surface area contributed by atoms with Gasteiger partial charge >= 0.3 is 5.97 Å². The SMILES string of the molecule is CN(CC#Cc1ccc2c(c1)C1(C(=O)N2)C(C(N)=O)C2C(=O)OC(c3ccccc3)C(c3ccccc3)N2C1c1cccc(OCCO)c1)Cc1ccccc1. The molecule has 282 valence electrons. The predicted molar refractivity (Wildman–Crippen MR) is 211 cm³/mol. The minimum absolute atomic E-state index is 0.0520. The molecule has 2 amide bonds. The summed E-state index contributed by atoms with van der Waals surface area (Å²) in [6.07, 6.45) is -0.795. The van der Waals surface area contributed by atoms with E-state index in [0.29, 0.717) is 34.7 Å². The van der Waals surface area contributed by atoms with Crippen molar-refractivity contribution in [2.24, 2.45) is 11.7 Å². The van der Waals surface area contributed by atoms with Crippen molar-refractivity contribution in [3.8, 4) is 17.6 Å². The standard InChI is InChI=1S/C46H42N4O6/c1-49(29-31-13-5-2-6-14-31)24-12-15-30-22-23-37-36(27-30)46(45(54)48-37)38(43(47)52)40-44(53)56-41(33-18-9-4-10-19-33)39(32-16-7-3-8-17-32)50(40)42(46)34-20-11-21-35(28-34)55-26-25-51/h2-11,13-14,16-23,27-28,38-42,51H,24-26,29H2,1H3,(H2,47,52)(H,48,54). The zero-order valence-electron chi connectivity index (χ0n) is 30.9. The third-order valence-electron chi connectivity index (χ3n) is 11.0. The Morgan fingerprint density at radius 2 is 1.55 bits per heavy atom. The molecule has 0 bridgehead atoms. The number of cyclic esters (lactones) is 1. The van der Waals surface area contributed by atoms with Gasteiger partial charge in [-0.1, -0.05) is 115 Å². The van der Waals surface area contributed by atoms with Gasteiger partial charge in [0.05, 0.1) is 31.2 Å². The largest absolute Gasteiger partial charge is 0.491 e. The highest BCUT2D eigenvalue weighted by Gasteiger charge is 2.73. The van der Waals surface area contributed by atoms with Crippen LogP contribution in [0, 0.1) is 17.8 Å². The lowest BCUT2D eigenvalue weighted by molar-refractivity contribution is -0.178. The van der Waals surface area contributed by atoms with Crippen molar-refractivity contribution in [2.75, 3.05) is 32.1 Å². The van der Waals surface area contributed by atoms with Gasteiger partial charge in [-0.3, -0.25) is 24.2 Å². The number of hydrogen-bond donors (Lipinski definition) is 3. The summed E-state index contributed by atoms with van der Waals surface area (Å²) in [5, 5.41) is 12.6. The fourth-order valence-corrected chi connectivity index (χ4v) is 8.87. The number of amides is 2. The second-order valence-electron chi connectivity index (χ2n) is 14.5. The summed E-state index contributed by atoms with van der Waals surface area (Å²) in [5.74, 6) is 3.76. The maximum Gasteiger partial charge on any atom is 0.324 e. The minimum Gasteiger partial charge on any atom is -0.491 e. The van der Waals surface area contributed by atoms with E-state index in [1.807, 2.05) is 109 Å². The van der Waals surface area contributed by atoms with Crippen LogP contribution in [0.25, 0.3) is 0 Å². The summed E-state index contributed by atoms with van der Waals surface area (Å²) in [6, 6.07) is 39.2. The molecular weight excluding hydrogens is 705 g/mol. The van der Waals surface area contributed by atoms with Gasteiger partial charge in [-0.25, -0.2) is 0 Å². The maximum absolute atomic E-state index is 15.0. The zero-order chi connectivity index (χ0) is 38.8. The molecule has 10 nitrogen and oxygen atoms in total. The van der Waals surface area contributed by atoms with Crippen LogP contribution in [0.15, 0.2) is 133 Å². The highest BCUT2D eigenvalue weighted by Crippen LogP contribution is 2.64. The number of aliphatic hydroxyl groups is 1. The highest BCUT2D eigenvalue weighted by molar-refractivity contribution is 6.12. The molecule has 10 heteroatoms. The number of primary amides is 1. The molecule has 2 saturated heterocycles. The van der Waals surface area contributed by atoms with Crippen molar-refractivity contribution in [2.45, 2.75) is 36.2 Å². The molecule has 0 aromatic heterocycles. The van der Waals surface area contributed by atoms with E-state index < -0.39 is 53.3 Å². The van der Waals surface area contributed by atoms with Crippen LogP contribution >= 0.6 is 0 Å². The number of hydrogen-bond acceptors (Lipinski definition) is 8. The number of ether oxygens (including phenoxy) is 2. The van der Waals surface area contributed by atoms with Gasteiger partial charge in [0.15, 0.2) is 0 Å². The number of nitrogens with two attached hydrogens (primary N) is 1. The summed E-state index contributed by atoms with van der Waals surface area (Å²) in [5.41, 5.74) is 9.75. The Bertz CT molecular complexity index is 2310. The van der Waals surface area contributed by atoms with Crippen LogP contribution in [0.5, 0.6) is 5.75 Å². The van der Waals surface area contributed by atoms with E-state index in [0.717, 1.165) is 17.7 Å². The normalized spacial score (nSPS) is 23.8. The second-order valence-corrected chi connectivity index (χ2v) is 14.5. The Kier molecular flexibility index (Phi) is 10.1. The first-order valence-electron chi connectivity index (χ1n) is 18.7. The summed E-state index contributed by atoms with van der Waals surface area (Å²) in [7, 11) is 2.00. The lowest BCUT2D eigenvalue weighted by Crippen LogP contribution is -2.53. The minimum atomic E-state index is -1.69. The fraction of sp³-hybridized carbons (Fsp3) is 0.239. The predicted octanol–water partition coefficient (Wildman–Crippen LogP) is 5.30. The van der Waals surface area contributed by atoms with Crippen LogP contribution in [0.2, 0.25) is 0 Å². The summed E-state index contributed by atoms with van der Waals surface area (Å²) >= 11 is 0. The zero-order valence-corrected chi connectivity index (χ0v) is 30.9. The first-order valence-corrected chi connectivity index (χ1v) is 18.7. The molecule has 56 heavy (non-hydrogen) atoms. The van der Waals surface area contributed by atoms with E-state index in [1.165, 1.54) is 5.56 Å². The number of aliphatic hydroxyl groups excluding tert-OH is 1. The average molecular weight is 747 g/mol. The fourth-order valence-electron chi connectivity index (χ4n) is 8.87. The van der Waals surface area contributed by atoms with E-state index >= 15 is 4.79 Å². The van der Waals surface area contributed by atoms with Gasteiger partial charge in [0.25, 0.3) is 0 Å². The molecule has 1 spiro atoms. The topological polar surface area (TPSA) is 134 Å². The Morgan fingerprint density at radius 3 is 2.25 bits per heavy atom. The third-order valence-corrected chi connectivity index (χ3v) is 11.0. The molecule has 0 radical (unpaired) electrons. The molecule has 3 aliphatic rings. The van der Waals surface area contributed by atoms with Crippen LogP contribution in [0.4, 0.5) is 5.69 Å². The third kappa shape index (κ3) is 6.50. The monoisotopic (exact) mass is 746 g/mol. The molecule has 5 aromatic carbocycles. The Labute approximate surface area is 325 Å². The van der Waals surface area contributed by atoms with Crippen molar-refractivity contribution in [1.82, 2.24) is 9.80 Å². The van der Waals surface area contributed by atoms with Crippen molar-refractivity contribution < 1.29 is 29.0 Å². The highest BCUT2D eigenvalue weighted by atomic mass is 16.6. The number of esters is 1. The molecule has 4 N–H and O–H groups in total. The second kappa shape index (κ2) is 15.5. The van der Waals surface area contributed by atoms with E-state index in [-0.39, 0.29) is 13.2 Å². The number of rotatable bonds is 10. The van der Waals surface area contributed by atoms with E-state index in [2.05, 4.69) is 34.2 Å². The molecule has 3 heterocycles. The summed E-state index contributed by atoms with van der Waals surface area (Å²) in [6.45, 7) is 1.07. The molecule has 6 atom stereocenters. The summed E-state index contributed by atoms with van der Waals surface area (Å²) in [4.78, 5) is 47.8. The van der Waals surface area contributed by atoms with Crippen LogP contribution in [0.1, 0.15) is 51.6 Å². The molecule has 8 rings (SSSR count). The van der Waals surface area contributed by atoms with Gasteiger partial charge < -0.3 is 25.6 Å². The molecular formula is C46H42N4O6. The van der Waals surface area contributed by atoms with Crippen molar-refractivity contribution >= 4 is 23.5 Å². The number of morpholine rings is 1. The van der Waals surface area contributed by atoms with Gasteiger partial charge in [-0.05, 0) is 65.2 Å².